The first-order chi connectivity index (χ1) is 11.1. The highest BCUT2D eigenvalue weighted by atomic mass is 32.2. The highest BCUT2D eigenvalue weighted by Gasteiger charge is 2.19. The second-order valence-corrected chi connectivity index (χ2v) is 6.24. The average Bonchev–Trinajstić information content (AvgIpc) is 2.95. The number of imidazole rings is 1. The largest absolute Gasteiger partial charge is 0.338 e. The number of benzene rings is 1. The number of imide groups is 1. The molecule has 0 fully saturated rings. The summed E-state index contributed by atoms with van der Waals surface area (Å²) in [5, 5.41) is 5.17. The molecule has 0 saturated carbocycles. The molecule has 1 heterocycles. The summed E-state index contributed by atoms with van der Waals surface area (Å²) >= 11 is 1.32. The summed E-state index contributed by atoms with van der Waals surface area (Å²) in [4.78, 5) is 27.7. The van der Waals surface area contributed by atoms with Crippen LogP contribution in [0.3, 0.4) is 0 Å². The Hall–Kier alpha value is -2.28. The van der Waals surface area contributed by atoms with Gasteiger partial charge in [0.05, 0.1) is 5.25 Å². The maximum Gasteiger partial charge on any atom is 0.321 e. The lowest BCUT2D eigenvalue weighted by molar-refractivity contribution is -0.119. The van der Waals surface area contributed by atoms with Gasteiger partial charge in [0.2, 0.25) is 5.91 Å². The van der Waals surface area contributed by atoms with Gasteiger partial charge in [-0.1, -0.05) is 42.1 Å². The van der Waals surface area contributed by atoms with Crippen LogP contribution in [-0.2, 0) is 11.3 Å². The number of amides is 3. The minimum atomic E-state index is -0.474. The SMILES string of the molecule is CCNC(=O)NC(=O)[C@@H](C)Sc1nccn1Cc1ccccc1. The standard InChI is InChI=1S/C16H20N4O2S/c1-3-17-15(22)19-14(21)12(2)23-16-18-9-10-20(16)11-13-7-5-4-6-8-13/h4-10,12H,3,11H2,1-2H3,(H2,17,19,21,22)/t12-/m1/s1. The van der Waals surface area contributed by atoms with Gasteiger partial charge in [0, 0.05) is 25.5 Å². The van der Waals surface area contributed by atoms with Crippen LogP contribution >= 0.6 is 11.8 Å². The van der Waals surface area contributed by atoms with Gasteiger partial charge >= 0.3 is 6.03 Å². The number of urea groups is 1. The van der Waals surface area contributed by atoms with Gasteiger partial charge in [-0.15, -0.1) is 0 Å². The molecular weight excluding hydrogens is 312 g/mol. The Kier molecular flexibility index (Phi) is 6.22. The van der Waals surface area contributed by atoms with E-state index >= 15 is 0 Å². The lowest BCUT2D eigenvalue weighted by Crippen LogP contribution is -2.42. The molecule has 2 aromatic rings. The molecule has 122 valence electrons. The molecule has 0 spiro atoms. The number of nitrogens with one attached hydrogen (secondary N) is 2. The molecule has 0 aliphatic rings. The maximum atomic E-state index is 12.0. The summed E-state index contributed by atoms with van der Waals surface area (Å²) in [5.41, 5.74) is 1.16. The van der Waals surface area contributed by atoms with Gasteiger partial charge in [-0.2, -0.15) is 0 Å². The summed E-state index contributed by atoms with van der Waals surface area (Å²) in [6.07, 6.45) is 3.59. The highest BCUT2D eigenvalue weighted by molar-refractivity contribution is 8.00. The Balaban J connectivity index is 1.96. The summed E-state index contributed by atoms with van der Waals surface area (Å²) in [5.74, 6) is -0.338. The molecular formula is C16H20N4O2S. The number of carbonyl (C=O) groups excluding carboxylic acids is 2. The topological polar surface area (TPSA) is 76.0 Å². The summed E-state index contributed by atoms with van der Waals surface area (Å²) in [6, 6.07) is 9.56. The lowest BCUT2D eigenvalue weighted by atomic mass is 10.2. The fourth-order valence-electron chi connectivity index (χ4n) is 1.94. The van der Waals surface area contributed by atoms with Gasteiger partial charge in [-0.3, -0.25) is 10.1 Å². The Morgan fingerprint density at radius 2 is 2.04 bits per heavy atom. The fraction of sp³-hybridized carbons (Fsp3) is 0.312. The van der Waals surface area contributed by atoms with E-state index in [-0.39, 0.29) is 5.91 Å². The number of hydrogen-bond donors (Lipinski definition) is 2. The normalized spacial score (nSPS) is 11.7. The predicted molar refractivity (Wildman–Crippen MR) is 90.3 cm³/mol. The molecule has 3 amide bonds. The van der Waals surface area contributed by atoms with Crippen molar-refractivity contribution >= 4 is 23.7 Å². The van der Waals surface area contributed by atoms with Crippen molar-refractivity contribution in [1.82, 2.24) is 20.2 Å². The van der Waals surface area contributed by atoms with Crippen molar-refractivity contribution in [1.29, 1.82) is 0 Å². The molecule has 0 aliphatic carbocycles. The molecule has 0 bridgehead atoms. The molecule has 2 N–H and O–H groups in total. The Morgan fingerprint density at radius 1 is 1.30 bits per heavy atom. The minimum absolute atomic E-state index is 0.338. The van der Waals surface area contributed by atoms with Crippen LogP contribution < -0.4 is 10.6 Å². The summed E-state index contributed by atoms with van der Waals surface area (Å²) in [7, 11) is 0. The van der Waals surface area contributed by atoms with E-state index in [1.807, 2.05) is 41.1 Å². The van der Waals surface area contributed by atoms with Crippen LogP contribution in [0.5, 0.6) is 0 Å². The third kappa shape index (κ3) is 5.14. The number of carbonyl (C=O) groups is 2. The van der Waals surface area contributed by atoms with E-state index in [2.05, 4.69) is 15.6 Å². The highest BCUT2D eigenvalue weighted by Crippen LogP contribution is 2.22. The second-order valence-electron chi connectivity index (χ2n) is 4.93. The van der Waals surface area contributed by atoms with Crippen molar-refractivity contribution < 1.29 is 9.59 Å². The maximum absolute atomic E-state index is 12.0. The smallest absolute Gasteiger partial charge is 0.321 e. The van der Waals surface area contributed by atoms with Crippen LogP contribution in [0.2, 0.25) is 0 Å². The summed E-state index contributed by atoms with van der Waals surface area (Å²) in [6.45, 7) is 4.71. The third-order valence-corrected chi connectivity index (χ3v) is 4.22. The first kappa shape index (κ1) is 17.1. The molecule has 1 aromatic heterocycles. The number of aromatic nitrogens is 2. The second kappa shape index (κ2) is 8.38. The van der Waals surface area contributed by atoms with Crippen molar-refractivity contribution in [2.45, 2.75) is 30.8 Å². The monoisotopic (exact) mass is 332 g/mol. The molecule has 0 radical (unpaired) electrons. The van der Waals surface area contributed by atoms with E-state index in [0.29, 0.717) is 13.1 Å². The molecule has 0 saturated heterocycles. The Labute approximate surface area is 139 Å². The average molecular weight is 332 g/mol. The van der Waals surface area contributed by atoms with E-state index in [0.717, 1.165) is 10.7 Å². The van der Waals surface area contributed by atoms with Gasteiger partial charge < -0.3 is 9.88 Å². The van der Waals surface area contributed by atoms with E-state index in [1.165, 1.54) is 11.8 Å². The van der Waals surface area contributed by atoms with Crippen LogP contribution in [0, 0.1) is 0 Å². The zero-order chi connectivity index (χ0) is 16.7. The lowest BCUT2D eigenvalue weighted by Gasteiger charge is -2.12. The van der Waals surface area contributed by atoms with E-state index < -0.39 is 11.3 Å². The zero-order valence-electron chi connectivity index (χ0n) is 13.2. The first-order valence-corrected chi connectivity index (χ1v) is 8.28. The molecule has 0 unspecified atom stereocenters. The molecule has 1 aromatic carbocycles. The Morgan fingerprint density at radius 3 is 2.74 bits per heavy atom. The Bertz CT molecular complexity index is 657. The molecule has 7 heteroatoms. The number of rotatable bonds is 6. The fourth-order valence-corrected chi connectivity index (χ4v) is 2.81. The first-order valence-electron chi connectivity index (χ1n) is 7.40. The van der Waals surface area contributed by atoms with Crippen molar-refractivity contribution in [2.75, 3.05) is 6.54 Å². The number of thioether (sulfide) groups is 1. The summed E-state index contributed by atoms with van der Waals surface area (Å²) < 4.78 is 1.98. The molecule has 2 rings (SSSR count). The zero-order valence-corrected chi connectivity index (χ0v) is 14.0. The van der Waals surface area contributed by atoms with Crippen molar-refractivity contribution in [2.24, 2.45) is 0 Å². The molecule has 0 aliphatic heterocycles. The molecule has 23 heavy (non-hydrogen) atoms. The molecule has 1 atom stereocenters. The third-order valence-electron chi connectivity index (χ3n) is 3.10. The van der Waals surface area contributed by atoms with Crippen LogP contribution in [-0.4, -0.2) is 33.3 Å². The quantitative estimate of drug-likeness (QED) is 0.796. The van der Waals surface area contributed by atoms with Crippen molar-refractivity contribution in [3.05, 3.63) is 48.3 Å². The minimum Gasteiger partial charge on any atom is -0.338 e. The van der Waals surface area contributed by atoms with E-state index in [9.17, 15) is 9.59 Å². The number of nitrogens with zero attached hydrogens (tertiary/aromatic N) is 2. The number of hydrogen-bond acceptors (Lipinski definition) is 4. The van der Waals surface area contributed by atoms with Gasteiger partial charge in [0.1, 0.15) is 0 Å². The van der Waals surface area contributed by atoms with Crippen LogP contribution in [0.4, 0.5) is 4.79 Å². The van der Waals surface area contributed by atoms with E-state index in [4.69, 9.17) is 0 Å². The van der Waals surface area contributed by atoms with Gasteiger partial charge in [-0.25, -0.2) is 9.78 Å². The van der Waals surface area contributed by atoms with E-state index in [1.54, 1.807) is 20.0 Å². The van der Waals surface area contributed by atoms with Gasteiger partial charge in [-0.05, 0) is 19.4 Å². The van der Waals surface area contributed by atoms with Crippen LogP contribution in [0.1, 0.15) is 19.4 Å². The van der Waals surface area contributed by atoms with Crippen LogP contribution in [0.25, 0.3) is 0 Å². The molecule has 6 nitrogen and oxygen atoms in total. The van der Waals surface area contributed by atoms with Gasteiger partial charge in [0.25, 0.3) is 0 Å². The van der Waals surface area contributed by atoms with Crippen LogP contribution in [0.15, 0.2) is 47.9 Å². The van der Waals surface area contributed by atoms with Crippen molar-refractivity contribution in [3.63, 3.8) is 0 Å². The van der Waals surface area contributed by atoms with Gasteiger partial charge in [0.15, 0.2) is 5.16 Å². The predicted octanol–water partition coefficient (Wildman–Crippen LogP) is 2.26. The van der Waals surface area contributed by atoms with Crippen molar-refractivity contribution in [3.8, 4) is 0 Å².